The van der Waals surface area contributed by atoms with E-state index >= 15 is 0 Å². The van der Waals surface area contributed by atoms with Crippen LogP contribution < -0.4 is 5.32 Å². The Morgan fingerprint density at radius 1 is 1.62 bits per heavy atom. The fourth-order valence-corrected chi connectivity index (χ4v) is 2.18. The largest absolute Gasteiger partial charge is 0.314 e. The first kappa shape index (κ1) is 9.16. The SMILES string of the molecule is CCc1csc(CCNC2CC2)n1. The van der Waals surface area contributed by atoms with Crippen LogP contribution in [0, 0.1) is 0 Å². The van der Waals surface area contributed by atoms with Gasteiger partial charge in [0.05, 0.1) is 10.7 Å². The highest BCUT2D eigenvalue weighted by Crippen LogP contribution is 2.18. The van der Waals surface area contributed by atoms with Crippen molar-refractivity contribution in [3.8, 4) is 0 Å². The van der Waals surface area contributed by atoms with Crippen molar-refractivity contribution in [2.24, 2.45) is 0 Å². The van der Waals surface area contributed by atoms with Crippen LogP contribution >= 0.6 is 11.3 Å². The lowest BCUT2D eigenvalue weighted by Crippen LogP contribution is -2.19. The van der Waals surface area contributed by atoms with Crippen LogP contribution in [0.1, 0.15) is 30.5 Å². The second-order valence-electron chi connectivity index (χ2n) is 3.56. The van der Waals surface area contributed by atoms with Crippen LogP contribution in [-0.4, -0.2) is 17.6 Å². The topological polar surface area (TPSA) is 24.9 Å². The first-order chi connectivity index (χ1) is 6.38. The highest BCUT2D eigenvalue weighted by molar-refractivity contribution is 7.09. The van der Waals surface area contributed by atoms with Crippen LogP contribution in [0.15, 0.2) is 5.38 Å². The summed E-state index contributed by atoms with van der Waals surface area (Å²) in [6.07, 6.45) is 4.91. The van der Waals surface area contributed by atoms with E-state index in [4.69, 9.17) is 0 Å². The summed E-state index contributed by atoms with van der Waals surface area (Å²) in [6.45, 7) is 3.25. The van der Waals surface area contributed by atoms with Gasteiger partial charge in [-0.3, -0.25) is 0 Å². The number of nitrogens with zero attached hydrogens (tertiary/aromatic N) is 1. The molecular formula is C10H16N2S. The molecule has 0 aromatic carbocycles. The molecular weight excluding hydrogens is 180 g/mol. The number of aryl methyl sites for hydroxylation is 1. The molecule has 0 radical (unpaired) electrons. The van der Waals surface area contributed by atoms with Gasteiger partial charge in [-0.05, 0) is 19.3 Å². The monoisotopic (exact) mass is 196 g/mol. The van der Waals surface area contributed by atoms with Crippen molar-refractivity contribution in [2.45, 2.75) is 38.6 Å². The van der Waals surface area contributed by atoms with Crippen molar-refractivity contribution in [3.05, 3.63) is 16.1 Å². The summed E-state index contributed by atoms with van der Waals surface area (Å²) in [7, 11) is 0. The van der Waals surface area contributed by atoms with Gasteiger partial charge in [0.1, 0.15) is 0 Å². The van der Waals surface area contributed by atoms with Crippen molar-refractivity contribution in [1.29, 1.82) is 0 Å². The number of nitrogens with one attached hydrogen (secondary N) is 1. The molecule has 1 saturated carbocycles. The quantitative estimate of drug-likeness (QED) is 0.779. The first-order valence-electron chi connectivity index (χ1n) is 5.05. The fourth-order valence-electron chi connectivity index (χ4n) is 1.30. The van der Waals surface area contributed by atoms with Crippen LogP contribution in [0.4, 0.5) is 0 Å². The van der Waals surface area contributed by atoms with Gasteiger partial charge in [0.25, 0.3) is 0 Å². The molecule has 1 aliphatic carbocycles. The number of hydrogen-bond donors (Lipinski definition) is 1. The highest BCUT2D eigenvalue weighted by atomic mass is 32.1. The molecule has 1 fully saturated rings. The number of hydrogen-bond acceptors (Lipinski definition) is 3. The van der Waals surface area contributed by atoms with E-state index in [1.54, 1.807) is 11.3 Å². The van der Waals surface area contributed by atoms with Gasteiger partial charge in [-0.25, -0.2) is 4.98 Å². The molecule has 0 bridgehead atoms. The molecule has 0 atom stereocenters. The lowest BCUT2D eigenvalue weighted by atomic mass is 10.4. The smallest absolute Gasteiger partial charge is 0.0940 e. The van der Waals surface area contributed by atoms with E-state index in [-0.39, 0.29) is 0 Å². The summed E-state index contributed by atoms with van der Waals surface area (Å²) in [5.74, 6) is 0. The Morgan fingerprint density at radius 2 is 2.46 bits per heavy atom. The van der Waals surface area contributed by atoms with Gasteiger partial charge in [-0.1, -0.05) is 6.92 Å². The van der Waals surface area contributed by atoms with Crippen LogP contribution in [0.2, 0.25) is 0 Å². The van der Waals surface area contributed by atoms with E-state index in [1.165, 1.54) is 23.5 Å². The number of rotatable bonds is 5. The molecule has 1 N–H and O–H groups in total. The molecule has 1 heterocycles. The van der Waals surface area contributed by atoms with Crippen molar-refractivity contribution >= 4 is 11.3 Å². The summed E-state index contributed by atoms with van der Waals surface area (Å²) in [5, 5.41) is 6.95. The molecule has 2 nitrogen and oxygen atoms in total. The maximum Gasteiger partial charge on any atom is 0.0940 e. The molecule has 72 valence electrons. The molecule has 0 aliphatic heterocycles. The Labute approximate surface area is 83.4 Å². The third-order valence-corrected chi connectivity index (χ3v) is 3.27. The summed E-state index contributed by atoms with van der Waals surface area (Å²) in [6, 6.07) is 0.825. The molecule has 1 aromatic rings. The molecule has 1 aromatic heterocycles. The standard InChI is InChI=1S/C10H16N2S/c1-2-8-7-13-10(12-8)5-6-11-9-3-4-9/h7,9,11H,2-6H2,1H3. The predicted octanol–water partition coefficient (Wildman–Crippen LogP) is 2.00. The maximum absolute atomic E-state index is 4.52. The van der Waals surface area contributed by atoms with Crippen LogP contribution in [0.25, 0.3) is 0 Å². The summed E-state index contributed by atoms with van der Waals surface area (Å²) < 4.78 is 0. The van der Waals surface area contributed by atoms with Crippen molar-refractivity contribution < 1.29 is 0 Å². The van der Waals surface area contributed by atoms with Crippen molar-refractivity contribution in [1.82, 2.24) is 10.3 Å². The summed E-state index contributed by atoms with van der Waals surface area (Å²) >= 11 is 1.80. The molecule has 0 spiro atoms. The van der Waals surface area contributed by atoms with Crippen LogP contribution in [-0.2, 0) is 12.8 Å². The normalized spacial score (nSPS) is 16.4. The Hall–Kier alpha value is -0.410. The molecule has 13 heavy (non-hydrogen) atoms. The van der Waals surface area contributed by atoms with Crippen molar-refractivity contribution in [3.63, 3.8) is 0 Å². The van der Waals surface area contributed by atoms with E-state index in [2.05, 4.69) is 22.6 Å². The average molecular weight is 196 g/mol. The summed E-state index contributed by atoms with van der Waals surface area (Å²) in [4.78, 5) is 4.52. The first-order valence-corrected chi connectivity index (χ1v) is 5.93. The van der Waals surface area contributed by atoms with E-state index in [0.29, 0.717) is 0 Å². The van der Waals surface area contributed by atoms with Gasteiger partial charge >= 0.3 is 0 Å². The van der Waals surface area contributed by atoms with Gasteiger partial charge in [0.15, 0.2) is 0 Å². The third kappa shape index (κ3) is 2.78. The second kappa shape index (κ2) is 4.20. The van der Waals surface area contributed by atoms with E-state index < -0.39 is 0 Å². The van der Waals surface area contributed by atoms with E-state index in [9.17, 15) is 0 Å². The minimum atomic E-state index is 0.825. The third-order valence-electron chi connectivity index (χ3n) is 2.31. The summed E-state index contributed by atoms with van der Waals surface area (Å²) in [5.41, 5.74) is 1.24. The zero-order valence-electron chi connectivity index (χ0n) is 8.05. The van der Waals surface area contributed by atoms with Gasteiger partial charge in [-0.15, -0.1) is 11.3 Å². The van der Waals surface area contributed by atoms with Gasteiger partial charge in [-0.2, -0.15) is 0 Å². The molecule has 0 amide bonds. The minimum absolute atomic E-state index is 0.825. The Bertz CT molecular complexity index is 266. The maximum atomic E-state index is 4.52. The van der Waals surface area contributed by atoms with E-state index in [0.717, 1.165) is 25.4 Å². The van der Waals surface area contributed by atoms with Gasteiger partial charge in [0, 0.05) is 24.4 Å². The molecule has 2 rings (SSSR count). The fraction of sp³-hybridized carbons (Fsp3) is 0.700. The lowest BCUT2D eigenvalue weighted by Gasteiger charge is -1.98. The Balaban J connectivity index is 1.72. The lowest BCUT2D eigenvalue weighted by molar-refractivity contribution is 0.679. The van der Waals surface area contributed by atoms with Gasteiger partial charge < -0.3 is 5.32 Å². The molecule has 0 unspecified atom stereocenters. The highest BCUT2D eigenvalue weighted by Gasteiger charge is 2.19. The van der Waals surface area contributed by atoms with Crippen molar-refractivity contribution in [2.75, 3.05) is 6.54 Å². The van der Waals surface area contributed by atoms with Crippen LogP contribution in [0.3, 0.4) is 0 Å². The zero-order chi connectivity index (χ0) is 9.10. The molecule has 3 heteroatoms. The second-order valence-corrected chi connectivity index (χ2v) is 4.51. The minimum Gasteiger partial charge on any atom is -0.314 e. The van der Waals surface area contributed by atoms with Crippen LogP contribution in [0.5, 0.6) is 0 Å². The Morgan fingerprint density at radius 3 is 3.08 bits per heavy atom. The van der Waals surface area contributed by atoms with Gasteiger partial charge in [0.2, 0.25) is 0 Å². The average Bonchev–Trinajstić information content (AvgIpc) is 2.84. The molecule has 0 saturated heterocycles. The number of thiazole rings is 1. The Kier molecular flexibility index (Phi) is 2.96. The number of aromatic nitrogens is 1. The predicted molar refractivity (Wildman–Crippen MR) is 56.2 cm³/mol. The van der Waals surface area contributed by atoms with E-state index in [1.807, 2.05) is 0 Å². The zero-order valence-corrected chi connectivity index (χ0v) is 8.86. The molecule has 1 aliphatic rings.